The molecule has 1 aromatic carbocycles. The molecule has 0 unspecified atom stereocenters. The second-order valence-corrected chi connectivity index (χ2v) is 8.40. The molecule has 0 aliphatic carbocycles. The number of carbonyl (C=O) groups excluding carboxylic acids is 2. The van der Waals surface area contributed by atoms with E-state index in [1.807, 2.05) is 0 Å². The van der Waals surface area contributed by atoms with E-state index in [2.05, 4.69) is 15.5 Å². The molecule has 25 heavy (non-hydrogen) atoms. The van der Waals surface area contributed by atoms with Crippen molar-refractivity contribution < 1.29 is 9.59 Å². The van der Waals surface area contributed by atoms with Crippen LogP contribution >= 0.6 is 35.0 Å². The third-order valence-electron chi connectivity index (χ3n) is 4.48. The quantitative estimate of drug-likeness (QED) is 0.817. The Labute approximate surface area is 158 Å². The van der Waals surface area contributed by atoms with Crippen LogP contribution in [0.25, 0.3) is 0 Å². The van der Waals surface area contributed by atoms with Gasteiger partial charge >= 0.3 is 0 Å². The van der Waals surface area contributed by atoms with Crippen molar-refractivity contribution in [2.75, 3.05) is 18.4 Å². The number of thioether (sulfide) groups is 1. The van der Waals surface area contributed by atoms with E-state index >= 15 is 0 Å². The van der Waals surface area contributed by atoms with Crippen molar-refractivity contribution in [3.8, 4) is 0 Å². The second kappa shape index (κ2) is 6.23. The van der Waals surface area contributed by atoms with E-state index < -0.39 is 4.75 Å². The minimum absolute atomic E-state index is 0.00777. The Morgan fingerprint density at radius 3 is 2.92 bits per heavy atom. The number of H-pyrrole nitrogens is 1. The first-order valence-corrected chi connectivity index (χ1v) is 9.29. The van der Waals surface area contributed by atoms with E-state index in [1.165, 1.54) is 11.8 Å². The molecular formula is C16H14Cl2N4O2S. The standard InChI is InChI=1S/C16H14Cl2N4O2S/c17-10-4-12-13(5-11(10)18)25-16(15(24)21-12)1-2-22(8-16)14(23)3-9-6-19-20-7-9/h4-7H,1-3,8H2,(H,19,20)(H,21,24)/t16-/m0/s1. The Morgan fingerprint density at radius 2 is 2.16 bits per heavy atom. The first-order valence-electron chi connectivity index (χ1n) is 7.72. The molecule has 2 aliphatic rings. The van der Waals surface area contributed by atoms with Crippen LogP contribution in [-0.2, 0) is 16.0 Å². The van der Waals surface area contributed by atoms with E-state index in [9.17, 15) is 9.59 Å². The molecule has 1 aromatic heterocycles. The van der Waals surface area contributed by atoms with Gasteiger partial charge in [0.15, 0.2) is 0 Å². The van der Waals surface area contributed by atoms with Gasteiger partial charge in [0.2, 0.25) is 11.8 Å². The van der Waals surface area contributed by atoms with Gasteiger partial charge in [-0.15, -0.1) is 11.8 Å². The smallest absolute Gasteiger partial charge is 0.242 e. The highest BCUT2D eigenvalue weighted by Gasteiger charge is 2.49. The molecule has 2 amide bonds. The van der Waals surface area contributed by atoms with Crippen LogP contribution in [0.1, 0.15) is 12.0 Å². The van der Waals surface area contributed by atoms with Gasteiger partial charge < -0.3 is 10.2 Å². The Morgan fingerprint density at radius 1 is 1.36 bits per heavy atom. The summed E-state index contributed by atoms with van der Waals surface area (Å²) in [4.78, 5) is 27.8. The van der Waals surface area contributed by atoms with Crippen LogP contribution in [0.4, 0.5) is 5.69 Å². The molecule has 130 valence electrons. The normalized spacial score (nSPS) is 22.2. The molecule has 6 nitrogen and oxygen atoms in total. The highest BCUT2D eigenvalue weighted by atomic mass is 35.5. The number of anilines is 1. The van der Waals surface area contributed by atoms with Gasteiger partial charge in [-0.05, 0) is 24.1 Å². The molecule has 2 N–H and O–H groups in total. The number of likely N-dealkylation sites (tertiary alicyclic amines) is 1. The van der Waals surface area contributed by atoms with Crippen LogP contribution < -0.4 is 5.32 Å². The summed E-state index contributed by atoms with van der Waals surface area (Å²) in [6.07, 6.45) is 4.21. The van der Waals surface area contributed by atoms with Crippen molar-refractivity contribution in [1.82, 2.24) is 15.1 Å². The lowest BCUT2D eigenvalue weighted by molar-refractivity contribution is -0.129. The first-order chi connectivity index (χ1) is 12.0. The maximum absolute atomic E-state index is 12.7. The number of halogens is 2. The molecule has 2 aliphatic heterocycles. The summed E-state index contributed by atoms with van der Waals surface area (Å²) < 4.78 is -0.684. The van der Waals surface area contributed by atoms with Crippen LogP contribution in [0, 0.1) is 0 Å². The summed E-state index contributed by atoms with van der Waals surface area (Å²) >= 11 is 13.6. The average molecular weight is 397 g/mol. The minimum Gasteiger partial charge on any atom is -0.340 e. The molecule has 0 radical (unpaired) electrons. The topological polar surface area (TPSA) is 78.1 Å². The number of hydrogen-bond donors (Lipinski definition) is 2. The zero-order chi connectivity index (χ0) is 17.6. The summed E-state index contributed by atoms with van der Waals surface area (Å²) in [6, 6.07) is 3.43. The van der Waals surface area contributed by atoms with Crippen molar-refractivity contribution in [2.24, 2.45) is 0 Å². The molecule has 1 saturated heterocycles. The number of hydrogen-bond acceptors (Lipinski definition) is 4. The molecule has 9 heteroatoms. The number of nitrogens with zero attached hydrogens (tertiary/aromatic N) is 2. The molecule has 2 aromatic rings. The molecule has 3 heterocycles. The predicted octanol–water partition coefficient (Wildman–Crippen LogP) is 2.97. The van der Waals surface area contributed by atoms with E-state index in [0.29, 0.717) is 35.2 Å². The summed E-state index contributed by atoms with van der Waals surface area (Å²) in [5.74, 6) is -0.103. The van der Waals surface area contributed by atoms with Gasteiger partial charge in [-0.3, -0.25) is 14.7 Å². The van der Waals surface area contributed by atoms with E-state index in [0.717, 1.165) is 10.5 Å². The summed E-state index contributed by atoms with van der Waals surface area (Å²) in [5.41, 5.74) is 1.50. The summed E-state index contributed by atoms with van der Waals surface area (Å²) in [6.45, 7) is 0.924. The first kappa shape index (κ1) is 16.8. The van der Waals surface area contributed by atoms with Gasteiger partial charge in [-0.1, -0.05) is 23.2 Å². The van der Waals surface area contributed by atoms with Crippen molar-refractivity contribution in [3.63, 3.8) is 0 Å². The van der Waals surface area contributed by atoms with Crippen molar-refractivity contribution in [3.05, 3.63) is 40.1 Å². The van der Waals surface area contributed by atoms with E-state index in [-0.39, 0.29) is 18.2 Å². The van der Waals surface area contributed by atoms with Gasteiger partial charge in [-0.25, -0.2) is 0 Å². The van der Waals surface area contributed by atoms with Crippen molar-refractivity contribution in [2.45, 2.75) is 22.5 Å². The maximum atomic E-state index is 12.7. The fourth-order valence-electron chi connectivity index (χ4n) is 3.13. The monoisotopic (exact) mass is 396 g/mol. The second-order valence-electron chi connectivity index (χ2n) is 6.16. The van der Waals surface area contributed by atoms with Gasteiger partial charge in [0, 0.05) is 24.2 Å². The molecule has 1 atom stereocenters. The Kier molecular flexibility index (Phi) is 4.17. The lowest BCUT2D eigenvalue weighted by Crippen LogP contribution is -2.45. The number of amides is 2. The maximum Gasteiger partial charge on any atom is 0.242 e. The number of nitrogens with one attached hydrogen (secondary N) is 2. The highest BCUT2D eigenvalue weighted by Crippen LogP contribution is 2.49. The number of fused-ring (bicyclic) bond motifs is 1. The summed E-state index contributed by atoms with van der Waals surface area (Å²) in [7, 11) is 0. The Bertz CT molecular complexity index is 858. The molecule has 4 rings (SSSR count). The number of rotatable bonds is 2. The van der Waals surface area contributed by atoms with Gasteiger partial charge in [0.05, 0.1) is 28.4 Å². The van der Waals surface area contributed by atoms with Crippen molar-refractivity contribution in [1.29, 1.82) is 0 Å². The number of benzene rings is 1. The van der Waals surface area contributed by atoms with Crippen LogP contribution in [0.2, 0.25) is 10.0 Å². The zero-order valence-electron chi connectivity index (χ0n) is 13.0. The minimum atomic E-state index is -0.684. The third kappa shape index (κ3) is 3.01. The molecule has 0 saturated carbocycles. The zero-order valence-corrected chi connectivity index (χ0v) is 15.3. The van der Waals surface area contributed by atoms with Gasteiger partial charge in [-0.2, -0.15) is 5.10 Å². The lowest BCUT2D eigenvalue weighted by atomic mass is 10.1. The average Bonchev–Trinajstić information content (AvgIpc) is 3.21. The predicted molar refractivity (Wildman–Crippen MR) is 97.2 cm³/mol. The van der Waals surface area contributed by atoms with Crippen LogP contribution in [0.5, 0.6) is 0 Å². The van der Waals surface area contributed by atoms with Gasteiger partial charge in [0.25, 0.3) is 0 Å². The SMILES string of the molecule is O=C(Cc1cn[nH]c1)N1CC[C@@]2(C1)Sc1cc(Cl)c(Cl)cc1NC2=O. The van der Waals surface area contributed by atoms with Gasteiger partial charge in [0.1, 0.15) is 4.75 Å². The Hall–Kier alpha value is -1.70. The number of carbonyl (C=O) groups is 2. The number of aromatic amines is 1. The fraction of sp³-hybridized carbons (Fsp3) is 0.312. The Balaban J connectivity index is 1.54. The molecular weight excluding hydrogens is 383 g/mol. The van der Waals surface area contributed by atoms with Crippen LogP contribution in [-0.4, -0.2) is 44.7 Å². The van der Waals surface area contributed by atoms with Crippen molar-refractivity contribution >= 4 is 52.5 Å². The molecule has 0 bridgehead atoms. The van der Waals surface area contributed by atoms with E-state index in [1.54, 1.807) is 29.4 Å². The lowest BCUT2D eigenvalue weighted by Gasteiger charge is -2.33. The third-order valence-corrected chi connectivity index (χ3v) is 6.67. The van der Waals surface area contributed by atoms with Crippen LogP contribution in [0.15, 0.2) is 29.4 Å². The fourth-order valence-corrected chi connectivity index (χ4v) is 4.90. The largest absolute Gasteiger partial charge is 0.340 e. The molecule has 1 spiro atoms. The highest BCUT2D eigenvalue weighted by molar-refractivity contribution is 8.01. The number of aromatic nitrogens is 2. The van der Waals surface area contributed by atoms with Crippen LogP contribution in [0.3, 0.4) is 0 Å². The molecule has 1 fully saturated rings. The summed E-state index contributed by atoms with van der Waals surface area (Å²) in [5, 5.41) is 10.3. The van der Waals surface area contributed by atoms with E-state index in [4.69, 9.17) is 23.2 Å².